The largest absolute Gasteiger partial charge is 4.00 e. The molecular weight excluding hydrogens is 194 g/mol. The fourth-order valence-corrected chi connectivity index (χ4v) is 0. The van der Waals surface area contributed by atoms with Gasteiger partial charge in [-0.1, -0.05) is 0 Å². The Morgan fingerprint density at radius 2 is 1.00 bits per heavy atom. The van der Waals surface area contributed by atoms with Gasteiger partial charge in [-0.05, 0) is 0 Å². The van der Waals surface area contributed by atoms with Gasteiger partial charge in [0.25, 0.3) is 0 Å². The maximum Gasteiger partial charge on any atom is 4.00 e. The van der Waals surface area contributed by atoms with Crippen LogP contribution in [0.2, 0.25) is 0 Å². The van der Waals surface area contributed by atoms with Crippen LogP contribution in [0, 0.1) is 0 Å². The molecular formula is AlO3SiZr+5. The third-order valence-corrected chi connectivity index (χ3v) is 0. The fraction of sp³-hybridized carbons (Fsp3) is 0. The Bertz CT molecular complexity index is 10.8. The van der Waals surface area contributed by atoms with E-state index in [4.69, 9.17) is 4.46 Å². The zero-order valence-electron chi connectivity index (χ0n) is 2.80. The number of hydrogen-bond donors (Lipinski definition) is 0. The van der Waals surface area contributed by atoms with Crippen molar-refractivity contribution in [2.45, 2.75) is 0 Å². The third kappa shape index (κ3) is 55.4. The second kappa shape index (κ2) is 99.5. The van der Waals surface area contributed by atoms with Gasteiger partial charge in [0.1, 0.15) is 0 Å². The molecule has 6 heavy (non-hydrogen) atoms. The van der Waals surface area contributed by atoms with Gasteiger partial charge < -0.3 is 11.0 Å². The van der Waals surface area contributed by atoms with Crippen molar-refractivity contribution >= 4 is 27.5 Å². The number of rotatable bonds is 0. The van der Waals surface area contributed by atoms with Crippen molar-refractivity contribution in [3.8, 4) is 0 Å². The average Bonchev–Trinajstić information content (AvgIpc) is 1.00. The Labute approximate surface area is 68.9 Å². The summed E-state index contributed by atoms with van der Waals surface area (Å²) in [4.78, 5) is 0. The van der Waals surface area contributed by atoms with E-state index in [1.165, 1.54) is 0 Å². The summed E-state index contributed by atoms with van der Waals surface area (Å²) >= 11 is 0. The van der Waals surface area contributed by atoms with Crippen LogP contribution in [0.25, 0.3) is 0 Å². The smallest absolute Gasteiger partial charge is 2.00 e. The SMILES string of the molecule is O=[Si+2].[Al+3].[O-2].[O-2].[Zr+4]. The Morgan fingerprint density at radius 3 is 1.00 bits per heavy atom. The second-order valence-corrected chi connectivity index (χ2v) is 0. The van der Waals surface area contributed by atoms with Crippen LogP contribution in [0.15, 0.2) is 0 Å². The van der Waals surface area contributed by atoms with Crippen LogP contribution in [-0.4, -0.2) is 27.5 Å². The van der Waals surface area contributed by atoms with E-state index < -0.39 is 0 Å². The molecule has 0 rings (SSSR count). The average molecular weight is 194 g/mol. The molecule has 0 radical (unpaired) electrons. The molecule has 0 saturated carbocycles. The zero-order valence-corrected chi connectivity index (χ0v) is 7.41. The second-order valence-electron chi connectivity index (χ2n) is 0. The van der Waals surface area contributed by atoms with Crippen molar-refractivity contribution in [3.63, 3.8) is 0 Å². The summed E-state index contributed by atoms with van der Waals surface area (Å²) in [6.07, 6.45) is 0. The van der Waals surface area contributed by atoms with Crippen LogP contribution >= 0.6 is 0 Å². The van der Waals surface area contributed by atoms with Gasteiger partial charge in [0.05, 0.1) is 0 Å². The van der Waals surface area contributed by atoms with Gasteiger partial charge in [-0.2, -0.15) is 0 Å². The van der Waals surface area contributed by atoms with E-state index in [9.17, 15) is 0 Å². The summed E-state index contributed by atoms with van der Waals surface area (Å²) in [6.45, 7) is 0. The van der Waals surface area contributed by atoms with Crippen LogP contribution in [0.3, 0.4) is 0 Å². The minimum Gasteiger partial charge on any atom is -2.00 e. The summed E-state index contributed by atoms with van der Waals surface area (Å²) < 4.78 is 8.06. The first-order chi connectivity index (χ1) is 1.00. The standard InChI is InChI=1S/Al.OSi.2O.Zr/c;1-2;;;/q+3;+2;2*-2;+4. The maximum atomic E-state index is 8.06. The predicted octanol–water partition coefficient (Wildman–Crippen LogP) is -1.12. The third-order valence-electron chi connectivity index (χ3n) is 0. The monoisotopic (exact) mass is 193 g/mol. The molecule has 0 heterocycles. The van der Waals surface area contributed by atoms with Gasteiger partial charge in [0.2, 0.25) is 0 Å². The molecule has 0 spiro atoms. The quantitative estimate of drug-likeness (QED) is 0.450. The van der Waals surface area contributed by atoms with Gasteiger partial charge >= 0.3 is 58.2 Å². The molecule has 24 valence electrons. The molecule has 3 nitrogen and oxygen atoms in total. The summed E-state index contributed by atoms with van der Waals surface area (Å²) in [6, 6.07) is 0. The molecule has 0 saturated heterocycles. The topological polar surface area (TPSA) is 74.1 Å². The molecule has 0 aliphatic rings. The minimum atomic E-state index is 0. The van der Waals surface area contributed by atoms with E-state index >= 15 is 0 Å². The minimum absolute atomic E-state index is 0. The Hall–Kier alpha value is 1.35. The van der Waals surface area contributed by atoms with Gasteiger partial charge in [-0.3, -0.25) is 0 Å². The summed E-state index contributed by atoms with van der Waals surface area (Å²) in [5.41, 5.74) is 0. The van der Waals surface area contributed by atoms with Crippen LogP contribution in [-0.2, 0) is 41.6 Å². The first-order valence-electron chi connectivity index (χ1n) is 0.204. The van der Waals surface area contributed by atoms with Gasteiger partial charge in [-0.25, -0.2) is 0 Å². The molecule has 0 aromatic carbocycles. The maximum absolute atomic E-state index is 8.06. The summed E-state index contributed by atoms with van der Waals surface area (Å²) in [5.74, 6) is 0. The zero-order chi connectivity index (χ0) is 2.00. The molecule has 0 aliphatic carbocycles. The summed E-state index contributed by atoms with van der Waals surface area (Å²) in [5, 5.41) is 0. The van der Waals surface area contributed by atoms with E-state index in [1.54, 1.807) is 10.1 Å². The van der Waals surface area contributed by atoms with Crippen molar-refractivity contribution in [1.29, 1.82) is 0 Å². The van der Waals surface area contributed by atoms with Crippen LogP contribution in [0.4, 0.5) is 0 Å². The van der Waals surface area contributed by atoms with Gasteiger partial charge in [0.15, 0.2) is 0 Å². The van der Waals surface area contributed by atoms with E-state index in [1.807, 2.05) is 0 Å². The molecule has 0 aliphatic heterocycles. The van der Waals surface area contributed by atoms with E-state index in [-0.39, 0.29) is 54.5 Å². The van der Waals surface area contributed by atoms with Crippen molar-refractivity contribution in [2.24, 2.45) is 0 Å². The van der Waals surface area contributed by atoms with E-state index in [2.05, 4.69) is 0 Å². The molecule has 0 fully saturated rings. The normalized spacial score (nSPS) is 1.00. The molecule has 0 unspecified atom stereocenters. The van der Waals surface area contributed by atoms with Crippen molar-refractivity contribution in [1.82, 2.24) is 0 Å². The van der Waals surface area contributed by atoms with Crippen LogP contribution in [0.1, 0.15) is 0 Å². The van der Waals surface area contributed by atoms with E-state index in [0.717, 1.165) is 0 Å². The van der Waals surface area contributed by atoms with Crippen LogP contribution in [0.5, 0.6) is 0 Å². The van der Waals surface area contributed by atoms with Gasteiger partial charge in [-0.15, -0.1) is 0 Å². The molecule has 0 aromatic rings. The first-order valence-corrected chi connectivity index (χ1v) is 0.612. The first kappa shape index (κ1) is 53.6. The Morgan fingerprint density at radius 1 is 1.00 bits per heavy atom. The summed E-state index contributed by atoms with van der Waals surface area (Å²) in [7, 11) is 1.72. The van der Waals surface area contributed by atoms with Crippen molar-refractivity contribution in [2.75, 3.05) is 0 Å². The fourth-order valence-electron chi connectivity index (χ4n) is 0. The molecule has 0 amide bonds. The molecule has 0 aromatic heterocycles. The van der Waals surface area contributed by atoms with Crippen LogP contribution < -0.4 is 0 Å². The Balaban J connectivity index is -0.000000000833. The number of hydrogen-bond acceptors (Lipinski definition) is 1. The molecule has 0 N–H and O–H groups in total. The van der Waals surface area contributed by atoms with Crippen molar-refractivity contribution in [3.05, 3.63) is 0 Å². The Kier molecular flexibility index (Phi) is 889. The molecule has 0 atom stereocenters. The molecule has 0 bridgehead atoms. The van der Waals surface area contributed by atoms with E-state index in [0.29, 0.717) is 0 Å². The van der Waals surface area contributed by atoms with Gasteiger partial charge in [0, 0.05) is 0 Å². The predicted molar refractivity (Wildman–Crippen MR) is 13.6 cm³/mol. The molecule has 6 heteroatoms. The van der Waals surface area contributed by atoms with Crippen molar-refractivity contribution < 1.29 is 41.6 Å².